The van der Waals surface area contributed by atoms with Crippen molar-refractivity contribution in [2.75, 3.05) is 38.0 Å². The number of halogens is 2. The SMILES string of the molecule is O=C(CN1CCN(Cc2cccc(Cl)c2)CC1)Nc1ccc(Br)cc1. The first-order valence-corrected chi connectivity index (χ1v) is 9.50. The fraction of sp³-hybridized carbons (Fsp3) is 0.316. The van der Waals surface area contributed by atoms with Crippen LogP contribution in [0, 0.1) is 0 Å². The van der Waals surface area contributed by atoms with E-state index in [1.165, 1.54) is 5.56 Å². The van der Waals surface area contributed by atoms with E-state index in [0.29, 0.717) is 6.54 Å². The lowest BCUT2D eigenvalue weighted by molar-refractivity contribution is -0.117. The molecule has 1 aliphatic heterocycles. The molecule has 0 unspecified atom stereocenters. The molecule has 0 bridgehead atoms. The molecule has 1 heterocycles. The largest absolute Gasteiger partial charge is 0.325 e. The van der Waals surface area contributed by atoms with Gasteiger partial charge in [-0.2, -0.15) is 0 Å². The van der Waals surface area contributed by atoms with Crippen LogP contribution in [0.25, 0.3) is 0 Å². The van der Waals surface area contributed by atoms with Gasteiger partial charge in [0, 0.05) is 47.9 Å². The molecule has 0 aromatic heterocycles. The Morgan fingerprint density at radius 2 is 1.72 bits per heavy atom. The lowest BCUT2D eigenvalue weighted by Gasteiger charge is -2.34. The van der Waals surface area contributed by atoms with Crippen molar-refractivity contribution in [1.29, 1.82) is 0 Å². The van der Waals surface area contributed by atoms with Crippen LogP contribution in [0.3, 0.4) is 0 Å². The van der Waals surface area contributed by atoms with Gasteiger partial charge in [0.25, 0.3) is 0 Å². The van der Waals surface area contributed by atoms with Crippen LogP contribution < -0.4 is 5.32 Å². The normalized spacial score (nSPS) is 15.9. The summed E-state index contributed by atoms with van der Waals surface area (Å²) >= 11 is 9.44. The Balaban J connectivity index is 1.42. The summed E-state index contributed by atoms with van der Waals surface area (Å²) in [5, 5.41) is 3.72. The molecule has 1 aliphatic rings. The van der Waals surface area contributed by atoms with E-state index >= 15 is 0 Å². The zero-order valence-corrected chi connectivity index (χ0v) is 16.3. The Morgan fingerprint density at radius 3 is 2.40 bits per heavy atom. The van der Waals surface area contributed by atoms with Crippen molar-refractivity contribution in [2.24, 2.45) is 0 Å². The second kappa shape index (κ2) is 8.81. The van der Waals surface area contributed by atoms with Gasteiger partial charge in [0.05, 0.1) is 6.54 Å². The van der Waals surface area contributed by atoms with Crippen LogP contribution in [0.15, 0.2) is 53.0 Å². The van der Waals surface area contributed by atoms with Crippen molar-refractivity contribution in [3.8, 4) is 0 Å². The van der Waals surface area contributed by atoms with Gasteiger partial charge in [0.15, 0.2) is 0 Å². The van der Waals surface area contributed by atoms with E-state index in [2.05, 4.69) is 37.1 Å². The number of carbonyl (C=O) groups excluding carboxylic acids is 1. The van der Waals surface area contributed by atoms with Gasteiger partial charge < -0.3 is 5.32 Å². The molecule has 2 aromatic rings. The maximum Gasteiger partial charge on any atom is 0.238 e. The predicted octanol–water partition coefficient (Wildman–Crippen LogP) is 3.86. The molecule has 132 valence electrons. The number of nitrogens with zero attached hydrogens (tertiary/aromatic N) is 2. The van der Waals surface area contributed by atoms with Crippen molar-refractivity contribution in [1.82, 2.24) is 9.80 Å². The third kappa shape index (κ3) is 5.82. The summed E-state index contributed by atoms with van der Waals surface area (Å²) in [6.45, 7) is 5.04. The molecule has 0 saturated carbocycles. The average molecular weight is 423 g/mol. The monoisotopic (exact) mass is 421 g/mol. The van der Waals surface area contributed by atoms with E-state index in [1.807, 2.05) is 42.5 Å². The summed E-state index contributed by atoms with van der Waals surface area (Å²) in [5.74, 6) is 0.0330. The number of hydrogen-bond donors (Lipinski definition) is 1. The molecule has 1 N–H and O–H groups in total. The molecular weight excluding hydrogens is 402 g/mol. The quantitative estimate of drug-likeness (QED) is 0.795. The first-order valence-electron chi connectivity index (χ1n) is 8.33. The molecule has 0 radical (unpaired) electrons. The molecule has 4 nitrogen and oxygen atoms in total. The molecule has 1 amide bonds. The fourth-order valence-electron chi connectivity index (χ4n) is 2.94. The molecule has 0 spiro atoms. The number of piperazine rings is 1. The van der Waals surface area contributed by atoms with Crippen LogP contribution in [-0.4, -0.2) is 48.4 Å². The summed E-state index contributed by atoms with van der Waals surface area (Å²) in [6, 6.07) is 15.6. The number of nitrogens with one attached hydrogen (secondary N) is 1. The van der Waals surface area contributed by atoms with Gasteiger partial charge in [0.2, 0.25) is 5.91 Å². The minimum absolute atomic E-state index is 0.0330. The van der Waals surface area contributed by atoms with Crippen LogP contribution in [0.5, 0.6) is 0 Å². The van der Waals surface area contributed by atoms with E-state index in [-0.39, 0.29) is 5.91 Å². The zero-order chi connectivity index (χ0) is 17.6. The van der Waals surface area contributed by atoms with E-state index in [4.69, 9.17) is 11.6 Å². The summed E-state index contributed by atoms with van der Waals surface area (Å²) < 4.78 is 1.00. The fourth-order valence-corrected chi connectivity index (χ4v) is 3.41. The van der Waals surface area contributed by atoms with Gasteiger partial charge >= 0.3 is 0 Å². The van der Waals surface area contributed by atoms with Gasteiger partial charge in [-0.15, -0.1) is 0 Å². The minimum atomic E-state index is 0.0330. The zero-order valence-electron chi connectivity index (χ0n) is 13.9. The van der Waals surface area contributed by atoms with E-state index in [0.717, 1.165) is 47.9 Å². The predicted molar refractivity (Wildman–Crippen MR) is 106 cm³/mol. The third-order valence-electron chi connectivity index (χ3n) is 4.26. The Bertz CT molecular complexity index is 715. The van der Waals surface area contributed by atoms with E-state index in [9.17, 15) is 4.79 Å². The van der Waals surface area contributed by atoms with Gasteiger partial charge in [-0.1, -0.05) is 39.7 Å². The number of benzene rings is 2. The summed E-state index contributed by atoms with van der Waals surface area (Å²) in [5.41, 5.74) is 2.06. The van der Waals surface area contributed by atoms with Crippen molar-refractivity contribution in [3.63, 3.8) is 0 Å². The van der Waals surface area contributed by atoms with Crippen LogP contribution in [0.2, 0.25) is 5.02 Å². The maximum atomic E-state index is 12.2. The Morgan fingerprint density at radius 1 is 1.04 bits per heavy atom. The number of hydrogen-bond acceptors (Lipinski definition) is 3. The molecule has 1 saturated heterocycles. The Kier molecular flexibility index (Phi) is 6.48. The van der Waals surface area contributed by atoms with E-state index < -0.39 is 0 Å². The second-order valence-electron chi connectivity index (χ2n) is 6.24. The van der Waals surface area contributed by atoms with Crippen molar-refractivity contribution < 1.29 is 4.79 Å². The minimum Gasteiger partial charge on any atom is -0.325 e. The van der Waals surface area contributed by atoms with Gasteiger partial charge in [-0.25, -0.2) is 0 Å². The second-order valence-corrected chi connectivity index (χ2v) is 7.59. The van der Waals surface area contributed by atoms with Crippen molar-refractivity contribution >= 4 is 39.1 Å². The topological polar surface area (TPSA) is 35.6 Å². The molecule has 0 aliphatic carbocycles. The highest BCUT2D eigenvalue weighted by atomic mass is 79.9. The average Bonchev–Trinajstić information content (AvgIpc) is 2.59. The highest BCUT2D eigenvalue weighted by Gasteiger charge is 2.19. The lowest BCUT2D eigenvalue weighted by atomic mass is 10.2. The summed E-state index contributed by atoms with van der Waals surface area (Å²) in [4.78, 5) is 16.8. The number of carbonyl (C=O) groups is 1. The first-order chi connectivity index (χ1) is 12.1. The summed E-state index contributed by atoms with van der Waals surface area (Å²) in [7, 11) is 0. The van der Waals surface area contributed by atoms with Gasteiger partial charge in [-0.3, -0.25) is 14.6 Å². The third-order valence-corrected chi connectivity index (χ3v) is 5.02. The highest BCUT2D eigenvalue weighted by Crippen LogP contribution is 2.15. The van der Waals surface area contributed by atoms with Crippen LogP contribution >= 0.6 is 27.5 Å². The molecule has 2 aromatic carbocycles. The highest BCUT2D eigenvalue weighted by molar-refractivity contribution is 9.10. The van der Waals surface area contributed by atoms with E-state index in [1.54, 1.807) is 0 Å². The van der Waals surface area contributed by atoms with Gasteiger partial charge in [-0.05, 0) is 42.0 Å². The van der Waals surface area contributed by atoms with Crippen molar-refractivity contribution in [3.05, 3.63) is 63.6 Å². The lowest BCUT2D eigenvalue weighted by Crippen LogP contribution is -2.48. The Hall–Kier alpha value is -1.40. The molecular formula is C19H21BrClN3O. The molecule has 3 rings (SSSR count). The molecule has 6 heteroatoms. The number of amides is 1. The molecule has 1 fully saturated rings. The van der Waals surface area contributed by atoms with Gasteiger partial charge in [0.1, 0.15) is 0 Å². The summed E-state index contributed by atoms with van der Waals surface area (Å²) in [6.07, 6.45) is 0. The maximum absolute atomic E-state index is 12.2. The smallest absolute Gasteiger partial charge is 0.238 e. The van der Waals surface area contributed by atoms with Crippen LogP contribution in [0.1, 0.15) is 5.56 Å². The standard InChI is InChI=1S/C19H21BrClN3O/c20-16-4-6-18(7-5-16)22-19(25)14-24-10-8-23(9-11-24)13-15-2-1-3-17(21)12-15/h1-7,12H,8-11,13-14H2,(H,22,25). The van der Waals surface area contributed by atoms with Crippen molar-refractivity contribution in [2.45, 2.75) is 6.54 Å². The Labute approximate surface area is 161 Å². The molecule has 25 heavy (non-hydrogen) atoms. The number of rotatable bonds is 5. The van der Waals surface area contributed by atoms with Crippen LogP contribution in [-0.2, 0) is 11.3 Å². The molecule has 0 atom stereocenters. The van der Waals surface area contributed by atoms with Crippen LogP contribution in [0.4, 0.5) is 5.69 Å². The number of anilines is 1. The first kappa shape index (κ1) is 18.4.